The van der Waals surface area contributed by atoms with Crippen molar-refractivity contribution in [3.05, 3.63) is 243 Å². The van der Waals surface area contributed by atoms with Gasteiger partial charge in [0.05, 0.1) is 16.7 Å². The van der Waals surface area contributed by atoms with Crippen molar-refractivity contribution in [1.29, 1.82) is 0 Å². The van der Waals surface area contributed by atoms with Gasteiger partial charge in [-0.2, -0.15) is 0 Å². The van der Waals surface area contributed by atoms with E-state index in [2.05, 4.69) is 240 Å². The fourth-order valence-corrected chi connectivity index (χ4v) is 9.47. The highest BCUT2D eigenvalue weighted by atomic mass is 16.3. The Balaban J connectivity index is 0.877. The average molecular weight is 805 g/mol. The molecule has 0 fully saturated rings. The minimum Gasteiger partial charge on any atom is -0.455 e. The molecule has 3 nitrogen and oxygen atoms in total. The molecule has 0 bridgehead atoms. The Bertz CT molecular complexity index is 3580. The molecule has 12 rings (SSSR count). The molecule has 0 aliphatic carbocycles. The fraction of sp³-hybridized carbons (Fsp3) is 0. The first-order chi connectivity index (χ1) is 31.3. The van der Waals surface area contributed by atoms with E-state index < -0.39 is 0 Å². The maximum absolute atomic E-state index is 6.39. The summed E-state index contributed by atoms with van der Waals surface area (Å²) in [6, 6.07) is 86.9. The van der Waals surface area contributed by atoms with Crippen LogP contribution in [-0.4, -0.2) is 4.57 Å². The van der Waals surface area contributed by atoms with Crippen LogP contribution in [0.4, 0.5) is 17.1 Å². The number of aromatic nitrogens is 1. The Labute approximate surface area is 366 Å². The topological polar surface area (TPSA) is 21.3 Å². The smallest absolute Gasteiger partial charge is 0.143 e. The second kappa shape index (κ2) is 15.3. The minimum absolute atomic E-state index is 0.907. The van der Waals surface area contributed by atoms with Crippen LogP contribution in [0.1, 0.15) is 0 Å². The molecule has 0 aliphatic heterocycles. The maximum Gasteiger partial charge on any atom is 0.143 e. The second-order valence-electron chi connectivity index (χ2n) is 16.1. The first-order valence-electron chi connectivity index (χ1n) is 21.5. The molecule has 0 saturated carbocycles. The van der Waals surface area contributed by atoms with Crippen LogP contribution < -0.4 is 4.90 Å². The zero-order valence-corrected chi connectivity index (χ0v) is 34.4. The molecule has 0 N–H and O–H groups in total. The van der Waals surface area contributed by atoms with Crippen molar-refractivity contribution in [2.75, 3.05) is 4.90 Å². The Kier molecular flexibility index (Phi) is 8.83. The van der Waals surface area contributed by atoms with E-state index in [4.69, 9.17) is 4.42 Å². The number of furan rings is 1. The SMILES string of the molecule is c1ccc(-c2cccc3c4ccccc4n(-c4ccccc4-c4ccc(-c5ccc(N(c6ccccc6)c6ccc(-c7cccc8c7oc7ccccc78)cc6)cc5)cc4)c23)cc1. The Morgan fingerprint density at radius 3 is 1.52 bits per heavy atom. The van der Waals surface area contributed by atoms with Gasteiger partial charge < -0.3 is 13.9 Å². The summed E-state index contributed by atoms with van der Waals surface area (Å²) >= 11 is 0. The molecule has 0 spiro atoms. The summed E-state index contributed by atoms with van der Waals surface area (Å²) in [4.78, 5) is 2.31. The van der Waals surface area contributed by atoms with E-state index in [9.17, 15) is 0 Å². The van der Waals surface area contributed by atoms with Gasteiger partial charge in [0, 0.05) is 55.3 Å². The lowest BCUT2D eigenvalue weighted by Gasteiger charge is -2.26. The number of fused-ring (bicyclic) bond motifs is 6. The van der Waals surface area contributed by atoms with Crippen molar-refractivity contribution in [1.82, 2.24) is 4.57 Å². The third-order valence-corrected chi connectivity index (χ3v) is 12.4. The summed E-state index contributed by atoms with van der Waals surface area (Å²) in [7, 11) is 0. The van der Waals surface area contributed by atoms with Gasteiger partial charge in [-0.25, -0.2) is 0 Å². The van der Waals surface area contributed by atoms with Crippen LogP contribution in [-0.2, 0) is 0 Å². The molecular formula is C60H40N2O. The van der Waals surface area contributed by atoms with Crippen LogP contribution in [0.15, 0.2) is 247 Å². The highest BCUT2D eigenvalue weighted by Crippen LogP contribution is 2.42. The Morgan fingerprint density at radius 1 is 0.302 bits per heavy atom. The largest absolute Gasteiger partial charge is 0.455 e. The lowest BCUT2D eigenvalue weighted by molar-refractivity contribution is 0.670. The minimum atomic E-state index is 0.907. The molecule has 0 aliphatic rings. The van der Waals surface area contributed by atoms with E-state index in [1.54, 1.807) is 0 Å². The van der Waals surface area contributed by atoms with E-state index in [0.717, 1.165) is 61.4 Å². The predicted molar refractivity (Wildman–Crippen MR) is 264 cm³/mol. The van der Waals surface area contributed by atoms with Crippen LogP contribution in [0.2, 0.25) is 0 Å². The predicted octanol–water partition coefficient (Wildman–Crippen LogP) is 16.8. The first kappa shape index (κ1) is 36.5. The van der Waals surface area contributed by atoms with Gasteiger partial charge in [0.1, 0.15) is 11.2 Å². The quantitative estimate of drug-likeness (QED) is 0.153. The van der Waals surface area contributed by atoms with Crippen molar-refractivity contribution >= 4 is 60.8 Å². The van der Waals surface area contributed by atoms with E-state index in [1.165, 1.54) is 49.6 Å². The van der Waals surface area contributed by atoms with E-state index in [0.29, 0.717) is 0 Å². The molecular weight excluding hydrogens is 765 g/mol. The molecule has 296 valence electrons. The number of para-hydroxylation sites is 6. The fourth-order valence-electron chi connectivity index (χ4n) is 9.47. The normalized spacial score (nSPS) is 11.5. The van der Waals surface area contributed by atoms with Gasteiger partial charge in [0.25, 0.3) is 0 Å². The summed E-state index contributed by atoms with van der Waals surface area (Å²) < 4.78 is 8.85. The summed E-state index contributed by atoms with van der Waals surface area (Å²) in [6.07, 6.45) is 0. The van der Waals surface area contributed by atoms with Crippen molar-refractivity contribution in [3.8, 4) is 50.2 Å². The maximum atomic E-state index is 6.39. The van der Waals surface area contributed by atoms with E-state index >= 15 is 0 Å². The van der Waals surface area contributed by atoms with Gasteiger partial charge in [0.2, 0.25) is 0 Å². The molecule has 0 amide bonds. The third kappa shape index (κ3) is 6.29. The van der Waals surface area contributed by atoms with Gasteiger partial charge in [-0.3, -0.25) is 0 Å². The molecule has 10 aromatic carbocycles. The van der Waals surface area contributed by atoms with Crippen LogP contribution >= 0.6 is 0 Å². The highest BCUT2D eigenvalue weighted by molar-refractivity contribution is 6.14. The molecule has 3 heteroatoms. The average Bonchev–Trinajstić information content (AvgIpc) is 3.92. The molecule has 12 aromatic rings. The van der Waals surface area contributed by atoms with Crippen molar-refractivity contribution < 1.29 is 4.42 Å². The van der Waals surface area contributed by atoms with Gasteiger partial charge in [-0.15, -0.1) is 0 Å². The highest BCUT2D eigenvalue weighted by Gasteiger charge is 2.19. The van der Waals surface area contributed by atoms with Crippen LogP contribution in [0, 0.1) is 0 Å². The second-order valence-corrected chi connectivity index (χ2v) is 16.1. The van der Waals surface area contributed by atoms with Crippen molar-refractivity contribution in [2.24, 2.45) is 0 Å². The van der Waals surface area contributed by atoms with Crippen LogP contribution in [0.3, 0.4) is 0 Å². The number of hydrogen-bond donors (Lipinski definition) is 0. The Morgan fingerprint density at radius 2 is 0.778 bits per heavy atom. The molecule has 63 heavy (non-hydrogen) atoms. The molecule has 2 aromatic heterocycles. The molecule has 0 atom stereocenters. The number of benzene rings is 10. The zero-order valence-electron chi connectivity index (χ0n) is 34.4. The number of anilines is 3. The molecule has 0 saturated heterocycles. The van der Waals surface area contributed by atoms with Crippen molar-refractivity contribution in [3.63, 3.8) is 0 Å². The van der Waals surface area contributed by atoms with Crippen molar-refractivity contribution in [2.45, 2.75) is 0 Å². The summed E-state index contributed by atoms with van der Waals surface area (Å²) in [5, 5.41) is 4.77. The number of nitrogens with zero attached hydrogens (tertiary/aromatic N) is 2. The first-order valence-corrected chi connectivity index (χ1v) is 21.5. The molecule has 0 unspecified atom stereocenters. The summed E-state index contributed by atoms with van der Waals surface area (Å²) in [5.74, 6) is 0. The van der Waals surface area contributed by atoms with E-state index in [1.807, 2.05) is 12.1 Å². The third-order valence-electron chi connectivity index (χ3n) is 12.4. The van der Waals surface area contributed by atoms with Crippen LogP contribution in [0.5, 0.6) is 0 Å². The van der Waals surface area contributed by atoms with Gasteiger partial charge in [-0.1, -0.05) is 188 Å². The lowest BCUT2D eigenvalue weighted by atomic mass is 9.98. The standard InChI is InChI=1S/C60H40N2O/c1-3-15-43(16-4-1)50-22-13-24-54-52-20-8-11-27-57(52)62(59(50)54)56-26-10-7-19-49(56)44-31-29-41(30-32-44)42-33-37-47(38-34-42)61(46-17-5-2-6-18-46)48-39-35-45(36-40-48)51-23-14-25-55-53-21-9-12-28-58(53)63-60(51)55/h1-40H. The summed E-state index contributed by atoms with van der Waals surface area (Å²) in [5.41, 5.74) is 18.0. The molecule has 0 radical (unpaired) electrons. The monoisotopic (exact) mass is 804 g/mol. The van der Waals surface area contributed by atoms with Gasteiger partial charge in [0.15, 0.2) is 0 Å². The van der Waals surface area contributed by atoms with Gasteiger partial charge in [-0.05, 0) is 82.4 Å². The lowest BCUT2D eigenvalue weighted by Crippen LogP contribution is -2.09. The number of hydrogen-bond acceptors (Lipinski definition) is 2. The van der Waals surface area contributed by atoms with Gasteiger partial charge >= 0.3 is 0 Å². The Hall–Kier alpha value is -8.40. The van der Waals surface area contributed by atoms with E-state index in [-0.39, 0.29) is 0 Å². The molecule has 2 heterocycles. The number of rotatable bonds is 8. The summed E-state index contributed by atoms with van der Waals surface area (Å²) in [6.45, 7) is 0. The van der Waals surface area contributed by atoms with Crippen LogP contribution in [0.25, 0.3) is 93.9 Å². The zero-order chi connectivity index (χ0) is 41.7.